The molecule has 0 unspecified atom stereocenters. The summed E-state index contributed by atoms with van der Waals surface area (Å²) in [5, 5.41) is 3.08. The van der Waals surface area contributed by atoms with Gasteiger partial charge in [-0.25, -0.2) is 4.39 Å². The van der Waals surface area contributed by atoms with Crippen molar-refractivity contribution in [2.75, 3.05) is 7.05 Å². The third-order valence-corrected chi connectivity index (χ3v) is 3.70. The molecule has 3 nitrogen and oxygen atoms in total. The van der Waals surface area contributed by atoms with Crippen LogP contribution in [0.5, 0.6) is 0 Å². The Morgan fingerprint density at radius 1 is 1.15 bits per heavy atom. The molecule has 1 saturated carbocycles. The second-order valence-electron chi connectivity index (χ2n) is 5.31. The molecule has 20 heavy (non-hydrogen) atoms. The highest BCUT2D eigenvalue weighted by atomic mass is 19.1. The lowest BCUT2D eigenvalue weighted by molar-refractivity contribution is 0.385. The van der Waals surface area contributed by atoms with Gasteiger partial charge in [-0.2, -0.15) is 0 Å². The standard InChI is InChI=1S/C9H12FN.C7H14.H3N.H2O.2H2/c1-7(11-2)8-3-5-9(10)6-4-8;1-7-5-3-2-4-6-7;;;;/h3-7,11H,1-2H3;7H,2-6H2,1H3;1H3;1H2;2*1H/t7-;;;;;/m1...../s1. The molecule has 0 amide bonds. The molecule has 1 aliphatic rings. The average Bonchev–Trinajstić information content (AvgIpc) is 2.40. The van der Waals surface area contributed by atoms with Gasteiger partial charge in [-0.15, -0.1) is 0 Å². The monoisotopic (exact) mass is 290 g/mol. The third kappa shape index (κ3) is 8.25. The van der Waals surface area contributed by atoms with E-state index in [0.29, 0.717) is 0 Å². The Morgan fingerprint density at radius 3 is 2.00 bits per heavy atom. The molecule has 1 fully saturated rings. The number of hydrogen-bond acceptors (Lipinski definition) is 2. The first-order valence-electron chi connectivity index (χ1n) is 7.06. The number of rotatable bonds is 2. The highest BCUT2D eigenvalue weighted by molar-refractivity contribution is 5.18. The molecular weight excluding hydrogens is 255 g/mol. The van der Waals surface area contributed by atoms with Crippen LogP contribution in [0, 0.1) is 11.7 Å². The molecule has 0 heterocycles. The highest BCUT2D eigenvalue weighted by Gasteiger charge is 2.06. The summed E-state index contributed by atoms with van der Waals surface area (Å²) in [6, 6.07) is 6.81. The molecule has 0 bridgehead atoms. The Kier molecular flexibility index (Phi) is 12.6. The SMILES string of the molecule is CC1CCCCC1.CN[C@H](C)c1ccc(F)cc1.N.O.[HH].[HH]. The van der Waals surface area contributed by atoms with Crippen LogP contribution in [0.25, 0.3) is 0 Å². The van der Waals surface area contributed by atoms with Gasteiger partial charge in [0, 0.05) is 8.90 Å². The molecule has 0 radical (unpaired) electrons. The lowest BCUT2D eigenvalue weighted by atomic mass is 9.91. The highest BCUT2D eigenvalue weighted by Crippen LogP contribution is 2.22. The van der Waals surface area contributed by atoms with E-state index >= 15 is 0 Å². The maximum absolute atomic E-state index is 12.4. The topological polar surface area (TPSA) is 78.5 Å². The van der Waals surface area contributed by atoms with E-state index in [0.717, 1.165) is 11.5 Å². The fraction of sp³-hybridized carbons (Fsp3) is 0.625. The van der Waals surface area contributed by atoms with Crippen molar-refractivity contribution in [3.05, 3.63) is 35.6 Å². The van der Waals surface area contributed by atoms with E-state index < -0.39 is 0 Å². The van der Waals surface area contributed by atoms with Gasteiger partial charge in [0.05, 0.1) is 0 Å². The van der Waals surface area contributed by atoms with Gasteiger partial charge in [0.15, 0.2) is 0 Å². The summed E-state index contributed by atoms with van der Waals surface area (Å²) < 4.78 is 12.4. The van der Waals surface area contributed by atoms with Crippen LogP contribution in [0.15, 0.2) is 24.3 Å². The molecule has 6 N–H and O–H groups in total. The van der Waals surface area contributed by atoms with E-state index in [2.05, 4.69) is 12.2 Å². The number of halogens is 1. The van der Waals surface area contributed by atoms with Crippen LogP contribution in [-0.4, -0.2) is 12.5 Å². The predicted octanol–water partition coefficient (Wildman–Crippen LogP) is 4.52. The zero-order valence-corrected chi connectivity index (χ0v) is 13.1. The molecule has 4 heteroatoms. The quantitative estimate of drug-likeness (QED) is 0.839. The summed E-state index contributed by atoms with van der Waals surface area (Å²) in [6.07, 6.45) is 7.44. The lowest BCUT2D eigenvalue weighted by Gasteiger charge is -2.15. The van der Waals surface area contributed by atoms with Crippen molar-refractivity contribution in [1.29, 1.82) is 0 Å². The van der Waals surface area contributed by atoms with Crippen LogP contribution in [0.2, 0.25) is 0 Å². The minimum atomic E-state index is -0.183. The van der Waals surface area contributed by atoms with Crippen molar-refractivity contribution in [1.82, 2.24) is 11.5 Å². The van der Waals surface area contributed by atoms with E-state index in [4.69, 9.17) is 0 Å². The van der Waals surface area contributed by atoms with Crippen LogP contribution >= 0.6 is 0 Å². The Labute approximate surface area is 125 Å². The molecule has 1 aliphatic carbocycles. The summed E-state index contributed by atoms with van der Waals surface area (Å²) in [6.45, 7) is 4.40. The molecule has 0 aliphatic heterocycles. The second kappa shape index (κ2) is 11.8. The maximum Gasteiger partial charge on any atom is 0.123 e. The molecular formula is C16H35FN2O. The van der Waals surface area contributed by atoms with Crippen LogP contribution < -0.4 is 11.5 Å². The maximum atomic E-state index is 12.4. The molecule has 1 atom stereocenters. The fourth-order valence-electron chi connectivity index (χ4n) is 2.22. The van der Waals surface area contributed by atoms with Crippen molar-refractivity contribution in [2.24, 2.45) is 5.92 Å². The predicted molar refractivity (Wildman–Crippen MR) is 89.0 cm³/mol. The van der Waals surface area contributed by atoms with E-state index in [1.165, 1.54) is 44.2 Å². The summed E-state index contributed by atoms with van der Waals surface area (Å²) in [4.78, 5) is 0. The summed E-state index contributed by atoms with van der Waals surface area (Å²) in [5.41, 5.74) is 1.11. The number of benzene rings is 1. The number of nitrogens with one attached hydrogen (secondary N) is 1. The van der Waals surface area contributed by atoms with Crippen LogP contribution in [0.1, 0.15) is 60.4 Å². The second-order valence-corrected chi connectivity index (χ2v) is 5.31. The van der Waals surface area contributed by atoms with Gasteiger partial charge in [-0.1, -0.05) is 51.2 Å². The van der Waals surface area contributed by atoms with Crippen LogP contribution in [0.4, 0.5) is 4.39 Å². The zero-order valence-electron chi connectivity index (χ0n) is 13.1. The van der Waals surface area contributed by atoms with Crippen molar-refractivity contribution >= 4 is 0 Å². The fourth-order valence-corrected chi connectivity index (χ4v) is 2.22. The molecule has 1 aromatic rings. The van der Waals surface area contributed by atoms with Gasteiger partial charge in [-0.05, 0) is 37.6 Å². The van der Waals surface area contributed by atoms with Gasteiger partial charge >= 0.3 is 0 Å². The van der Waals surface area contributed by atoms with Crippen LogP contribution in [-0.2, 0) is 0 Å². The average molecular weight is 290 g/mol. The molecule has 0 aromatic heterocycles. The van der Waals surface area contributed by atoms with E-state index in [1.807, 2.05) is 14.0 Å². The van der Waals surface area contributed by atoms with E-state index in [9.17, 15) is 4.39 Å². The minimum Gasteiger partial charge on any atom is -0.412 e. The Balaban J connectivity index is -0.000000132. The Morgan fingerprint density at radius 2 is 1.65 bits per heavy atom. The van der Waals surface area contributed by atoms with Crippen molar-refractivity contribution < 1.29 is 12.7 Å². The Hall–Kier alpha value is -0.970. The first kappa shape index (κ1) is 21.3. The molecule has 122 valence electrons. The van der Waals surface area contributed by atoms with Crippen molar-refractivity contribution in [2.45, 2.75) is 52.0 Å². The normalized spacial score (nSPS) is 16.0. The smallest absolute Gasteiger partial charge is 0.123 e. The first-order valence-corrected chi connectivity index (χ1v) is 7.06. The van der Waals surface area contributed by atoms with E-state index in [-0.39, 0.29) is 26.3 Å². The molecule has 0 spiro atoms. The molecule has 0 saturated heterocycles. The van der Waals surface area contributed by atoms with Gasteiger partial charge in [0.25, 0.3) is 0 Å². The van der Waals surface area contributed by atoms with E-state index in [1.54, 1.807) is 12.1 Å². The van der Waals surface area contributed by atoms with Crippen LogP contribution in [0.3, 0.4) is 0 Å². The summed E-state index contributed by atoms with van der Waals surface area (Å²) >= 11 is 0. The lowest BCUT2D eigenvalue weighted by Crippen LogP contribution is -2.11. The summed E-state index contributed by atoms with van der Waals surface area (Å²) in [7, 11) is 1.88. The van der Waals surface area contributed by atoms with Crippen molar-refractivity contribution in [3.63, 3.8) is 0 Å². The molecule has 2 rings (SSSR count). The van der Waals surface area contributed by atoms with Gasteiger partial charge in [-0.3, -0.25) is 0 Å². The first-order chi connectivity index (χ1) is 8.63. The van der Waals surface area contributed by atoms with Crippen molar-refractivity contribution in [3.8, 4) is 0 Å². The zero-order chi connectivity index (χ0) is 13.4. The van der Waals surface area contributed by atoms with Gasteiger partial charge < -0.3 is 16.9 Å². The Bertz CT molecular complexity index is 333. The molecule has 1 aromatic carbocycles. The largest absolute Gasteiger partial charge is 0.412 e. The summed E-state index contributed by atoms with van der Waals surface area (Å²) in [5.74, 6) is 0.853. The van der Waals surface area contributed by atoms with Gasteiger partial charge in [0.1, 0.15) is 5.82 Å². The third-order valence-electron chi connectivity index (χ3n) is 3.70. The number of hydrogen-bond donors (Lipinski definition) is 2. The van der Waals surface area contributed by atoms with Gasteiger partial charge in [0.2, 0.25) is 0 Å². The minimum absolute atomic E-state index is 0.